The molecular formula is C8H14N2O3S. The first-order valence-corrected chi connectivity index (χ1v) is 6.54. The number of carbonyl (C=O) groups excluding carboxylic acids is 1. The van der Waals surface area contributed by atoms with Crippen molar-refractivity contribution in [3.8, 4) is 0 Å². The van der Waals surface area contributed by atoms with E-state index in [1.54, 1.807) is 0 Å². The summed E-state index contributed by atoms with van der Waals surface area (Å²) in [6, 6.07) is -0.228. The molecule has 1 atom stereocenters. The first kappa shape index (κ1) is 9.92. The van der Waals surface area contributed by atoms with Gasteiger partial charge in [0.05, 0.1) is 17.0 Å². The van der Waals surface area contributed by atoms with E-state index in [-0.39, 0.29) is 23.5 Å². The summed E-state index contributed by atoms with van der Waals surface area (Å²) in [4.78, 5) is 11.5. The lowest BCUT2D eigenvalue weighted by Crippen LogP contribution is -2.47. The predicted molar refractivity (Wildman–Crippen MR) is 51.4 cm³/mol. The number of nitrogens with one attached hydrogen (secondary N) is 1. The van der Waals surface area contributed by atoms with Crippen LogP contribution in [0.4, 0.5) is 0 Å². The molecular weight excluding hydrogens is 204 g/mol. The fourth-order valence-corrected chi connectivity index (χ4v) is 3.27. The van der Waals surface area contributed by atoms with Gasteiger partial charge >= 0.3 is 0 Å². The highest BCUT2D eigenvalue weighted by atomic mass is 32.2. The van der Waals surface area contributed by atoms with Crippen molar-refractivity contribution in [3.63, 3.8) is 0 Å². The molecule has 1 heterocycles. The maximum Gasteiger partial charge on any atom is 0.240 e. The molecule has 5 nitrogen and oxygen atoms in total. The number of sulfone groups is 1. The van der Waals surface area contributed by atoms with Crippen LogP contribution in [0.1, 0.15) is 19.3 Å². The standard InChI is InChI=1S/C8H14N2O3S/c9-8(2-3-8)7(11)10-6-1-4-14(12,13)5-6/h6H,1-5,9H2,(H,10,11). The molecule has 6 heteroatoms. The van der Waals surface area contributed by atoms with Gasteiger partial charge in [-0.05, 0) is 19.3 Å². The van der Waals surface area contributed by atoms with Crippen LogP contribution in [0.25, 0.3) is 0 Å². The van der Waals surface area contributed by atoms with Gasteiger partial charge in [0, 0.05) is 6.04 Å². The van der Waals surface area contributed by atoms with Crippen LogP contribution in [0.3, 0.4) is 0 Å². The topological polar surface area (TPSA) is 89.3 Å². The largest absolute Gasteiger partial charge is 0.351 e. The molecule has 2 aliphatic rings. The maximum absolute atomic E-state index is 11.5. The molecule has 0 aromatic heterocycles. The zero-order valence-electron chi connectivity index (χ0n) is 7.82. The highest BCUT2D eigenvalue weighted by molar-refractivity contribution is 7.91. The molecule has 1 saturated carbocycles. The normalized spacial score (nSPS) is 32.5. The zero-order valence-corrected chi connectivity index (χ0v) is 8.64. The van der Waals surface area contributed by atoms with Crippen molar-refractivity contribution in [2.24, 2.45) is 5.73 Å². The van der Waals surface area contributed by atoms with Crippen LogP contribution in [-0.4, -0.2) is 37.4 Å². The number of amides is 1. The van der Waals surface area contributed by atoms with Gasteiger partial charge in [-0.15, -0.1) is 0 Å². The van der Waals surface area contributed by atoms with E-state index >= 15 is 0 Å². The molecule has 14 heavy (non-hydrogen) atoms. The first-order chi connectivity index (χ1) is 6.41. The van der Waals surface area contributed by atoms with Crippen molar-refractivity contribution < 1.29 is 13.2 Å². The van der Waals surface area contributed by atoms with Gasteiger partial charge in [0.1, 0.15) is 0 Å². The van der Waals surface area contributed by atoms with Crippen LogP contribution < -0.4 is 11.1 Å². The lowest BCUT2D eigenvalue weighted by atomic mass is 10.2. The number of rotatable bonds is 2. The third kappa shape index (κ3) is 1.90. The quantitative estimate of drug-likeness (QED) is 0.608. The highest BCUT2D eigenvalue weighted by Gasteiger charge is 2.47. The predicted octanol–water partition coefficient (Wildman–Crippen LogP) is -1.22. The average molecular weight is 218 g/mol. The SMILES string of the molecule is NC1(C(=O)NC2CCS(=O)(=O)C2)CC1. The van der Waals surface area contributed by atoms with Crippen molar-refractivity contribution in [2.45, 2.75) is 30.8 Å². The summed E-state index contributed by atoms with van der Waals surface area (Å²) in [6.07, 6.45) is 1.93. The zero-order chi connectivity index (χ0) is 10.4. The Bertz CT molecular complexity index is 359. The monoisotopic (exact) mass is 218 g/mol. The Morgan fingerprint density at radius 1 is 1.43 bits per heavy atom. The second kappa shape index (κ2) is 2.93. The van der Waals surface area contributed by atoms with E-state index in [4.69, 9.17) is 5.73 Å². The second-order valence-electron chi connectivity index (χ2n) is 4.23. The minimum atomic E-state index is -2.92. The Hall–Kier alpha value is -0.620. The van der Waals surface area contributed by atoms with Crippen LogP contribution in [-0.2, 0) is 14.6 Å². The van der Waals surface area contributed by atoms with Gasteiger partial charge in [0.2, 0.25) is 5.91 Å². The molecule has 1 aliphatic carbocycles. The first-order valence-electron chi connectivity index (χ1n) is 4.72. The van der Waals surface area contributed by atoms with E-state index in [1.807, 2.05) is 0 Å². The third-order valence-corrected chi connectivity index (χ3v) is 4.58. The van der Waals surface area contributed by atoms with Crippen molar-refractivity contribution in [3.05, 3.63) is 0 Å². The summed E-state index contributed by atoms with van der Waals surface area (Å²) in [5, 5.41) is 2.69. The van der Waals surface area contributed by atoms with Gasteiger partial charge in [-0.1, -0.05) is 0 Å². The fourth-order valence-electron chi connectivity index (χ4n) is 1.60. The number of nitrogens with two attached hydrogens (primary N) is 1. The lowest BCUT2D eigenvalue weighted by molar-refractivity contribution is -0.123. The van der Waals surface area contributed by atoms with Crippen molar-refractivity contribution in [2.75, 3.05) is 11.5 Å². The number of hydrogen-bond donors (Lipinski definition) is 2. The molecule has 1 aliphatic heterocycles. The molecule has 0 bridgehead atoms. The van der Waals surface area contributed by atoms with Crippen LogP contribution in [0.15, 0.2) is 0 Å². The number of carbonyl (C=O) groups is 1. The molecule has 1 saturated heterocycles. The van der Waals surface area contributed by atoms with Crippen molar-refractivity contribution >= 4 is 15.7 Å². The molecule has 3 N–H and O–H groups in total. The highest BCUT2D eigenvalue weighted by Crippen LogP contribution is 2.32. The van der Waals surface area contributed by atoms with Crippen LogP contribution in [0.5, 0.6) is 0 Å². The van der Waals surface area contributed by atoms with E-state index < -0.39 is 15.4 Å². The molecule has 0 aromatic carbocycles. The minimum Gasteiger partial charge on any atom is -0.351 e. The molecule has 0 aromatic rings. The Balaban J connectivity index is 1.91. The summed E-state index contributed by atoms with van der Waals surface area (Å²) < 4.78 is 22.2. The summed E-state index contributed by atoms with van der Waals surface area (Å²) in [6.45, 7) is 0. The minimum absolute atomic E-state index is 0.0643. The Labute approximate surface area is 83.0 Å². The molecule has 0 spiro atoms. The Morgan fingerprint density at radius 2 is 2.07 bits per heavy atom. The van der Waals surface area contributed by atoms with Crippen LogP contribution >= 0.6 is 0 Å². The lowest BCUT2D eigenvalue weighted by Gasteiger charge is -2.14. The van der Waals surface area contributed by atoms with E-state index in [0.29, 0.717) is 19.3 Å². The molecule has 80 valence electrons. The van der Waals surface area contributed by atoms with Crippen molar-refractivity contribution in [1.82, 2.24) is 5.32 Å². The molecule has 2 rings (SSSR count). The summed E-state index contributed by atoms with van der Waals surface area (Å²) in [5.74, 6) is 0.0456. The van der Waals surface area contributed by atoms with Gasteiger partial charge < -0.3 is 11.1 Å². The summed E-state index contributed by atoms with van der Waals surface area (Å²) in [5.41, 5.74) is 4.97. The maximum atomic E-state index is 11.5. The fraction of sp³-hybridized carbons (Fsp3) is 0.875. The van der Waals surface area contributed by atoms with Gasteiger partial charge in [0.15, 0.2) is 9.84 Å². The van der Waals surface area contributed by atoms with Crippen LogP contribution in [0.2, 0.25) is 0 Å². The molecule has 0 radical (unpaired) electrons. The van der Waals surface area contributed by atoms with E-state index in [1.165, 1.54) is 0 Å². The van der Waals surface area contributed by atoms with Gasteiger partial charge in [-0.3, -0.25) is 4.79 Å². The van der Waals surface area contributed by atoms with E-state index in [9.17, 15) is 13.2 Å². The van der Waals surface area contributed by atoms with Gasteiger partial charge in [0.25, 0.3) is 0 Å². The average Bonchev–Trinajstić information content (AvgIpc) is 2.72. The number of hydrogen-bond acceptors (Lipinski definition) is 4. The summed E-state index contributed by atoms with van der Waals surface area (Å²) in [7, 11) is -2.92. The molecule has 2 fully saturated rings. The smallest absolute Gasteiger partial charge is 0.240 e. The van der Waals surface area contributed by atoms with Gasteiger partial charge in [-0.25, -0.2) is 8.42 Å². The van der Waals surface area contributed by atoms with Gasteiger partial charge in [-0.2, -0.15) is 0 Å². The third-order valence-electron chi connectivity index (χ3n) is 2.81. The molecule has 1 amide bonds. The second-order valence-corrected chi connectivity index (χ2v) is 6.46. The van der Waals surface area contributed by atoms with E-state index in [0.717, 1.165) is 0 Å². The summed E-state index contributed by atoms with van der Waals surface area (Å²) >= 11 is 0. The van der Waals surface area contributed by atoms with E-state index in [2.05, 4.69) is 5.32 Å². The Kier molecular flexibility index (Phi) is 2.08. The van der Waals surface area contributed by atoms with Crippen molar-refractivity contribution in [1.29, 1.82) is 0 Å². The Morgan fingerprint density at radius 3 is 2.50 bits per heavy atom. The molecule has 1 unspecified atom stereocenters. The van der Waals surface area contributed by atoms with Crippen LogP contribution in [0, 0.1) is 0 Å².